The molecule has 0 atom stereocenters. The van der Waals surface area contributed by atoms with E-state index in [0.717, 1.165) is 40.8 Å². The van der Waals surface area contributed by atoms with E-state index < -0.39 is 0 Å². The fraction of sp³-hybridized carbons (Fsp3) is 0.217. The third kappa shape index (κ3) is 2.71. The lowest BCUT2D eigenvalue weighted by Crippen LogP contribution is -2.28. The van der Waals surface area contributed by atoms with Crippen LogP contribution in [0.1, 0.15) is 35.3 Å². The van der Waals surface area contributed by atoms with Crippen LogP contribution in [0.4, 0.5) is 0 Å². The van der Waals surface area contributed by atoms with Gasteiger partial charge in [0.25, 0.3) is 0 Å². The highest BCUT2D eigenvalue weighted by Gasteiger charge is 2.34. The molecule has 6 nitrogen and oxygen atoms in total. The van der Waals surface area contributed by atoms with Crippen molar-refractivity contribution in [1.29, 1.82) is 0 Å². The minimum atomic E-state index is 0.0237. The van der Waals surface area contributed by atoms with Gasteiger partial charge in [-0.15, -0.1) is 0 Å². The quantitative estimate of drug-likeness (QED) is 0.746. The number of carbonyl (C=O) groups is 1. The first-order chi connectivity index (χ1) is 14.2. The number of hydrogen-bond donors (Lipinski definition) is 1. The molecule has 0 amide bonds. The summed E-state index contributed by atoms with van der Waals surface area (Å²) in [7, 11) is 0. The van der Waals surface area contributed by atoms with Crippen molar-refractivity contribution in [2.75, 3.05) is 13.1 Å². The van der Waals surface area contributed by atoms with Crippen LogP contribution in [0.25, 0.3) is 10.9 Å². The third-order valence-corrected chi connectivity index (χ3v) is 5.61. The summed E-state index contributed by atoms with van der Waals surface area (Å²) >= 11 is 0. The van der Waals surface area contributed by atoms with Crippen molar-refractivity contribution in [3.63, 3.8) is 0 Å². The van der Waals surface area contributed by atoms with Gasteiger partial charge in [0.2, 0.25) is 5.96 Å². The van der Waals surface area contributed by atoms with E-state index >= 15 is 0 Å². The van der Waals surface area contributed by atoms with E-state index in [1.54, 1.807) is 6.20 Å². The Balaban J connectivity index is 1.68. The zero-order valence-corrected chi connectivity index (χ0v) is 16.4. The number of guanidine groups is 1. The predicted molar refractivity (Wildman–Crippen MR) is 114 cm³/mol. The zero-order chi connectivity index (χ0) is 20.0. The second kappa shape index (κ2) is 6.81. The van der Waals surface area contributed by atoms with Crippen molar-refractivity contribution >= 4 is 28.4 Å². The Bertz CT molecular complexity index is 1230. The van der Waals surface area contributed by atoms with Gasteiger partial charge in [-0.25, -0.2) is 9.98 Å². The highest BCUT2D eigenvalue weighted by atomic mass is 16.1. The molecule has 2 aliphatic rings. The van der Waals surface area contributed by atoms with Gasteiger partial charge >= 0.3 is 0 Å². The number of carbonyl (C=O) groups excluding carboxylic acids is 1. The van der Waals surface area contributed by atoms with E-state index in [-0.39, 0.29) is 5.78 Å². The molecular weight excluding hydrogens is 362 g/mol. The molecule has 2 heterocycles. The molecule has 3 aromatic rings. The molecule has 6 heteroatoms. The molecule has 5 rings (SSSR count). The Kier molecular flexibility index (Phi) is 4.12. The van der Waals surface area contributed by atoms with Crippen molar-refractivity contribution in [1.82, 2.24) is 15.1 Å². The summed E-state index contributed by atoms with van der Waals surface area (Å²) in [6, 6.07) is 13.7. The number of aromatic amines is 1. The monoisotopic (exact) mass is 383 g/mol. The summed E-state index contributed by atoms with van der Waals surface area (Å²) in [5.74, 6) is 0.706. The van der Waals surface area contributed by atoms with Gasteiger partial charge in [0.05, 0.1) is 11.7 Å². The maximum Gasteiger partial charge on any atom is 0.226 e. The lowest BCUT2D eigenvalue weighted by atomic mass is 9.84. The number of nitrogens with zero attached hydrogens (tertiary/aromatic N) is 4. The molecule has 144 valence electrons. The van der Waals surface area contributed by atoms with Crippen LogP contribution in [0.3, 0.4) is 0 Å². The van der Waals surface area contributed by atoms with E-state index in [9.17, 15) is 4.79 Å². The van der Waals surface area contributed by atoms with Crippen molar-refractivity contribution in [3.8, 4) is 0 Å². The average molecular weight is 383 g/mol. The first-order valence-corrected chi connectivity index (χ1v) is 9.92. The molecule has 1 N–H and O–H groups in total. The van der Waals surface area contributed by atoms with E-state index in [1.165, 1.54) is 0 Å². The Morgan fingerprint density at radius 3 is 2.55 bits per heavy atom. The minimum absolute atomic E-state index is 0.0237. The maximum atomic E-state index is 13.4. The number of para-hydroxylation sites is 1. The average Bonchev–Trinajstić information content (AvgIpc) is 3.40. The Labute approximate surface area is 168 Å². The Morgan fingerprint density at radius 2 is 1.76 bits per heavy atom. The zero-order valence-electron chi connectivity index (χ0n) is 16.4. The molecule has 1 aromatic heterocycles. The number of Topliss-reactive ketones (excluding diaryl/α,β-unsaturated/α-hetero) is 1. The topological polar surface area (TPSA) is 73.7 Å². The fourth-order valence-corrected chi connectivity index (χ4v) is 4.07. The largest absolute Gasteiger partial charge is 0.341 e. The Morgan fingerprint density at radius 1 is 0.966 bits per heavy atom. The van der Waals surface area contributed by atoms with E-state index in [4.69, 9.17) is 9.98 Å². The molecule has 1 aliphatic heterocycles. The number of nitrogens with one attached hydrogen (secondary N) is 1. The molecule has 1 aliphatic carbocycles. The molecule has 0 radical (unpaired) electrons. The number of H-pyrrole nitrogens is 1. The molecular formula is C23H21N5O. The molecule has 29 heavy (non-hydrogen) atoms. The van der Waals surface area contributed by atoms with Crippen LogP contribution in [0.15, 0.2) is 69.9 Å². The summed E-state index contributed by atoms with van der Waals surface area (Å²) in [4.78, 5) is 25.2. The van der Waals surface area contributed by atoms with Crippen molar-refractivity contribution in [3.05, 3.63) is 76.6 Å². The molecule has 0 bridgehead atoms. The first kappa shape index (κ1) is 17.6. The SMILES string of the molecule is CCN(CC)C1=NC2=C(Cc3cccc4cn[nH]c34)C(=O)c3ccccc3C2=N1. The number of aliphatic imine (C=N–C) groups is 2. The van der Waals surface area contributed by atoms with Crippen LogP contribution >= 0.6 is 0 Å². The molecule has 2 aromatic carbocycles. The fourth-order valence-electron chi connectivity index (χ4n) is 4.07. The highest BCUT2D eigenvalue weighted by molar-refractivity contribution is 6.32. The summed E-state index contributed by atoms with van der Waals surface area (Å²) in [5, 5.41) is 8.24. The van der Waals surface area contributed by atoms with Gasteiger partial charge in [0.15, 0.2) is 5.78 Å². The molecule has 0 saturated carbocycles. The molecule has 0 fully saturated rings. The first-order valence-electron chi connectivity index (χ1n) is 9.92. The molecule has 0 saturated heterocycles. The number of ketones is 1. The van der Waals surface area contributed by atoms with Gasteiger partial charge in [-0.3, -0.25) is 9.89 Å². The minimum Gasteiger partial charge on any atom is -0.341 e. The summed E-state index contributed by atoms with van der Waals surface area (Å²) < 4.78 is 0. The molecule has 0 spiro atoms. The van der Waals surface area contributed by atoms with Gasteiger partial charge < -0.3 is 4.90 Å². The number of fused-ring (bicyclic) bond motifs is 4. The lowest BCUT2D eigenvalue weighted by molar-refractivity contribution is 0.103. The summed E-state index contributed by atoms with van der Waals surface area (Å²) in [6.45, 7) is 5.80. The van der Waals surface area contributed by atoms with Crippen LogP contribution in [-0.2, 0) is 6.42 Å². The van der Waals surface area contributed by atoms with Gasteiger partial charge in [-0.1, -0.05) is 42.5 Å². The predicted octanol–water partition coefficient (Wildman–Crippen LogP) is 3.76. The standard InChI is InChI=1S/C23H21N5O/c1-3-28(4-2)23-25-20-16-10-5-6-11-17(16)22(29)18(21(20)26-23)12-14-8-7-9-15-13-24-27-19(14)15/h5-11,13H,3-4,12H2,1-2H3,(H,24,27). The smallest absolute Gasteiger partial charge is 0.226 e. The van der Waals surface area contributed by atoms with Crippen LogP contribution < -0.4 is 0 Å². The summed E-state index contributed by atoms with van der Waals surface area (Å²) in [5.41, 5.74) is 5.73. The third-order valence-electron chi connectivity index (χ3n) is 5.61. The van der Waals surface area contributed by atoms with Crippen LogP contribution in [0.2, 0.25) is 0 Å². The van der Waals surface area contributed by atoms with Gasteiger partial charge in [0, 0.05) is 41.6 Å². The number of aromatic nitrogens is 2. The van der Waals surface area contributed by atoms with Crippen molar-refractivity contribution < 1.29 is 4.79 Å². The summed E-state index contributed by atoms with van der Waals surface area (Å²) in [6.07, 6.45) is 2.28. The molecule has 0 unspecified atom stereocenters. The van der Waals surface area contributed by atoms with Crippen molar-refractivity contribution in [2.24, 2.45) is 9.98 Å². The van der Waals surface area contributed by atoms with E-state index in [0.29, 0.717) is 29.2 Å². The normalized spacial score (nSPS) is 15.3. The second-order valence-corrected chi connectivity index (χ2v) is 7.17. The van der Waals surface area contributed by atoms with Crippen molar-refractivity contribution in [2.45, 2.75) is 20.3 Å². The van der Waals surface area contributed by atoms with E-state index in [1.807, 2.05) is 42.5 Å². The highest BCUT2D eigenvalue weighted by Crippen LogP contribution is 2.33. The maximum absolute atomic E-state index is 13.4. The van der Waals surface area contributed by atoms with Crippen LogP contribution in [0.5, 0.6) is 0 Å². The van der Waals surface area contributed by atoms with Gasteiger partial charge in [-0.05, 0) is 19.4 Å². The number of benzene rings is 2. The van der Waals surface area contributed by atoms with Gasteiger partial charge in [0.1, 0.15) is 11.4 Å². The second-order valence-electron chi connectivity index (χ2n) is 7.17. The Hall–Kier alpha value is -3.54. The lowest BCUT2D eigenvalue weighted by Gasteiger charge is -2.19. The number of allylic oxidation sites excluding steroid dienone is 2. The number of rotatable bonds is 4. The van der Waals surface area contributed by atoms with Crippen LogP contribution in [-0.4, -0.2) is 45.6 Å². The van der Waals surface area contributed by atoms with E-state index in [2.05, 4.69) is 28.9 Å². The number of hydrogen-bond acceptors (Lipinski definition) is 5. The van der Waals surface area contributed by atoms with Gasteiger partial charge in [-0.2, -0.15) is 5.10 Å². The van der Waals surface area contributed by atoms with Crippen LogP contribution in [0, 0.1) is 0 Å².